The number of rotatable bonds is 8. The molecule has 0 N–H and O–H groups in total. The van der Waals surface area contributed by atoms with E-state index < -0.39 is 0 Å². The molecule has 2 aromatic carbocycles. The number of amides is 1. The van der Waals surface area contributed by atoms with E-state index in [-0.39, 0.29) is 5.91 Å². The number of carbonyl (C=O) groups excluding carboxylic acids is 1. The van der Waals surface area contributed by atoms with Gasteiger partial charge >= 0.3 is 0 Å². The highest BCUT2D eigenvalue weighted by atomic mass is 16.5. The van der Waals surface area contributed by atoms with Crippen LogP contribution in [0.2, 0.25) is 0 Å². The predicted octanol–water partition coefficient (Wildman–Crippen LogP) is 3.84. The number of hydrogen-bond donors (Lipinski definition) is 0. The number of nitrogens with zero attached hydrogens (tertiary/aromatic N) is 2. The van der Waals surface area contributed by atoms with Crippen molar-refractivity contribution < 1.29 is 14.3 Å². The highest BCUT2D eigenvalue weighted by Gasteiger charge is 2.19. The molecule has 0 unspecified atom stereocenters. The quantitative estimate of drug-likeness (QED) is 0.682. The Labute approximate surface area is 173 Å². The van der Waals surface area contributed by atoms with Crippen molar-refractivity contribution in [3.8, 4) is 11.5 Å². The average molecular weight is 395 g/mol. The Morgan fingerprint density at radius 2 is 1.93 bits per heavy atom. The SMILES string of the molecule is CCOc1ccc(CN(C)CC(=O)N2CC=C(c3ccccc3)CC2)cc1OC. The maximum atomic E-state index is 12.7. The third-order valence-electron chi connectivity index (χ3n) is 5.09. The number of ether oxygens (including phenoxy) is 2. The standard InChI is InChI=1S/C24H30N2O3/c1-4-29-22-11-10-19(16-23(22)28-3)17-25(2)18-24(27)26-14-12-21(13-15-26)20-8-6-5-7-9-20/h5-12,16H,4,13-15,17-18H2,1-3H3. The zero-order valence-electron chi connectivity index (χ0n) is 17.6. The second-order valence-electron chi connectivity index (χ2n) is 7.28. The minimum Gasteiger partial charge on any atom is -0.493 e. The van der Waals surface area contributed by atoms with Crippen molar-refractivity contribution in [2.24, 2.45) is 0 Å². The summed E-state index contributed by atoms with van der Waals surface area (Å²) in [5.41, 5.74) is 3.66. The smallest absolute Gasteiger partial charge is 0.237 e. The molecule has 3 rings (SSSR count). The summed E-state index contributed by atoms with van der Waals surface area (Å²) in [6.07, 6.45) is 3.07. The minimum atomic E-state index is 0.161. The van der Waals surface area contributed by atoms with Gasteiger partial charge in [-0.1, -0.05) is 42.5 Å². The Kier molecular flexibility index (Phi) is 7.30. The lowest BCUT2D eigenvalue weighted by molar-refractivity contribution is -0.131. The topological polar surface area (TPSA) is 42.0 Å². The van der Waals surface area contributed by atoms with Crippen LogP contribution in [0.4, 0.5) is 0 Å². The van der Waals surface area contributed by atoms with E-state index in [1.807, 2.05) is 48.0 Å². The van der Waals surface area contributed by atoms with Crippen molar-refractivity contribution in [2.45, 2.75) is 19.9 Å². The Hall–Kier alpha value is -2.79. The second kappa shape index (κ2) is 10.1. The van der Waals surface area contributed by atoms with Gasteiger partial charge in [0.1, 0.15) is 0 Å². The van der Waals surface area contributed by atoms with Crippen LogP contribution in [0.1, 0.15) is 24.5 Å². The van der Waals surface area contributed by atoms with Crippen LogP contribution in [0, 0.1) is 0 Å². The van der Waals surface area contributed by atoms with Gasteiger partial charge in [-0.15, -0.1) is 0 Å². The van der Waals surface area contributed by atoms with Crippen LogP contribution in [0.3, 0.4) is 0 Å². The fraction of sp³-hybridized carbons (Fsp3) is 0.375. The Bertz CT molecular complexity index is 848. The molecular formula is C24H30N2O3. The first-order valence-corrected chi connectivity index (χ1v) is 10.1. The third kappa shape index (κ3) is 5.61. The number of methoxy groups -OCH3 is 1. The Balaban J connectivity index is 1.54. The van der Waals surface area contributed by atoms with E-state index in [0.29, 0.717) is 26.2 Å². The van der Waals surface area contributed by atoms with E-state index in [1.54, 1.807) is 7.11 Å². The first-order chi connectivity index (χ1) is 14.1. The molecule has 1 amide bonds. The molecule has 0 bridgehead atoms. The van der Waals surface area contributed by atoms with Crippen LogP contribution in [0.5, 0.6) is 11.5 Å². The number of carbonyl (C=O) groups is 1. The van der Waals surface area contributed by atoms with Crippen LogP contribution in [0.15, 0.2) is 54.6 Å². The molecule has 0 radical (unpaired) electrons. The lowest BCUT2D eigenvalue weighted by Gasteiger charge is -2.28. The second-order valence-corrected chi connectivity index (χ2v) is 7.28. The third-order valence-corrected chi connectivity index (χ3v) is 5.09. The monoisotopic (exact) mass is 394 g/mol. The lowest BCUT2D eigenvalue weighted by atomic mass is 9.99. The van der Waals surface area contributed by atoms with Gasteiger partial charge in [0.15, 0.2) is 11.5 Å². The van der Waals surface area contributed by atoms with Gasteiger partial charge in [0.25, 0.3) is 0 Å². The first kappa shape index (κ1) is 20.9. The van der Waals surface area contributed by atoms with E-state index >= 15 is 0 Å². The fourth-order valence-electron chi connectivity index (χ4n) is 3.59. The highest BCUT2D eigenvalue weighted by molar-refractivity contribution is 5.80. The number of hydrogen-bond acceptors (Lipinski definition) is 4. The predicted molar refractivity (Wildman–Crippen MR) is 116 cm³/mol. The molecule has 2 aromatic rings. The minimum absolute atomic E-state index is 0.161. The molecule has 1 aliphatic heterocycles. The van der Waals surface area contributed by atoms with Crippen molar-refractivity contribution in [1.82, 2.24) is 9.80 Å². The summed E-state index contributed by atoms with van der Waals surface area (Å²) in [5, 5.41) is 0. The average Bonchev–Trinajstić information content (AvgIpc) is 2.75. The van der Waals surface area contributed by atoms with Gasteiger partial charge in [0.05, 0.1) is 20.3 Å². The zero-order valence-corrected chi connectivity index (χ0v) is 17.6. The molecule has 0 saturated carbocycles. The van der Waals surface area contributed by atoms with Crippen LogP contribution < -0.4 is 9.47 Å². The molecule has 1 aliphatic rings. The molecule has 29 heavy (non-hydrogen) atoms. The van der Waals surface area contributed by atoms with Gasteiger partial charge in [-0.2, -0.15) is 0 Å². The molecule has 1 heterocycles. The van der Waals surface area contributed by atoms with Crippen LogP contribution >= 0.6 is 0 Å². The van der Waals surface area contributed by atoms with Gasteiger partial charge in [-0.05, 0) is 49.2 Å². The zero-order chi connectivity index (χ0) is 20.6. The maximum Gasteiger partial charge on any atom is 0.237 e. The van der Waals surface area contributed by atoms with E-state index in [4.69, 9.17) is 9.47 Å². The van der Waals surface area contributed by atoms with Gasteiger partial charge in [0.2, 0.25) is 5.91 Å². The van der Waals surface area contributed by atoms with Gasteiger partial charge in [-0.25, -0.2) is 0 Å². The molecule has 0 fully saturated rings. The van der Waals surface area contributed by atoms with E-state index in [1.165, 1.54) is 11.1 Å². The van der Waals surface area contributed by atoms with Crippen molar-refractivity contribution >= 4 is 11.5 Å². The van der Waals surface area contributed by atoms with Crippen molar-refractivity contribution in [2.75, 3.05) is 40.4 Å². The van der Waals surface area contributed by atoms with E-state index in [2.05, 4.69) is 30.3 Å². The summed E-state index contributed by atoms with van der Waals surface area (Å²) in [6.45, 7) is 5.06. The summed E-state index contributed by atoms with van der Waals surface area (Å²) < 4.78 is 11.0. The molecule has 5 heteroatoms. The van der Waals surface area contributed by atoms with Crippen molar-refractivity contribution in [3.05, 3.63) is 65.7 Å². The molecule has 0 saturated heterocycles. The number of likely N-dealkylation sites (N-methyl/N-ethyl adjacent to an activating group) is 1. The molecule has 0 aromatic heterocycles. The van der Waals surface area contributed by atoms with Gasteiger partial charge < -0.3 is 14.4 Å². The van der Waals surface area contributed by atoms with Crippen molar-refractivity contribution in [3.63, 3.8) is 0 Å². The Morgan fingerprint density at radius 1 is 1.14 bits per heavy atom. The molecule has 0 aliphatic carbocycles. The molecule has 0 spiro atoms. The lowest BCUT2D eigenvalue weighted by Crippen LogP contribution is -2.40. The molecular weight excluding hydrogens is 364 g/mol. The van der Waals surface area contributed by atoms with E-state index in [9.17, 15) is 4.79 Å². The van der Waals surface area contributed by atoms with Crippen LogP contribution in [-0.4, -0.2) is 56.1 Å². The highest BCUT2D eigenvalue weighted by Crippen LogP contribution is 2.28. The largest absolute Gasteiger partial charge is 0.493 e. The summed E-state index contributed by atoms with van der Waals surface area (Å²) in [7, 11) is 3.61. The fourth-order valence-corrected chi connectivity index (χ4v) is 3.59. The molecule has 154 valence electrons. The Morgan fingerprint density at radius 3 is 2.59 bits per heavy atom. The van der Waals surface area contributed by atoms with Crippen LogP contribution in [-0.2, 0) is 11.3 Å². The summed E-state index contributed by atoms with van der Waals surface area (Å²) in [4.78, 5) is 16.7. The van der Waals surface area contributed by atoms with Gasteiger partial charge in [-0.3, -0.25) is 9.69 Å². The molecule has 0 atom stereocenters. The maximum absolute atomic E-state index is 12.7. The normalized spacial score (nSPS) is 13.9. The summed E-state index contributed by atoms with van der Waals surface area (Å²) in [5.74, 6) is 1.62. The van der Waals surface area contributed by atoms with E-state index in [0.717, 1.165) is 30.0 Å². The number of benzene rings is 2. The molecule has 5 nitrogen and oxygen atoms in total. The van der Waals surface area contributed by atoms with Crippen molar-refractivity contribution in [1.29, 1.82) is 0 Å². The van der Waals surface area contributed by atoms with Gasteiger partial charge in [0, 0.05) is 19.6 Å². The first-order valence-electron chi connectivity index (χ1n) is 10.1. The summed E-state index contributed by atoms with van der Waals surface area (Å²) in [6, 6.07) is 16.3. The van der Waals surface area contributed by atoms with Crippen LogP contribution in [0.25, 0.3) is 5.57 Å². The summed E-state index contributed by atoms with van der Waals surface area (Å²) >= 11 is 0.